The van der Waals surface area contributed by atoms with Gasteiger partial charge in [0.15, 0.2) is 0 Å². The predicted molar refractivity (Wildman–Crippen MR) is 68.4 cm³/mol. The minimum atomic E-state index is -0.455. The van der Waals surface area contributed by atoms with Gasteiger partial charge < -0.3 is 10.2 Å². The Morgan fingerprint density at radius 3 is 2.72 bits per heavy atom. The van der Waals surface area contributed by atoms with Gasteiger partial charge in [0, 0.05) is 12.1 Å². The summed E-state index contributed by atoms with van der Waals surface area (Å²) in [6.45, 7) is 0.616. The molecule has 98 valence electrons. The van der Waals surface area contributed by atoms with Crippen LogP contribution in [0.4, 0.5) is 11.4 Å². The molecule has 0 atom stereocenters. The second-order valence-corrected chi connectivity index (χ2v) is 4.58. The van der Waals surface area contributed by atoms with Gasteiger partial charge in [-0.05, 0) is 18.8 Å². The van der Waals surface area contributed by atoms with E-state index in [1.807, 2.05) is 0 Å². The van der Waals surface area contributed by atoms with Crippen molar-refractivity contribution in [2.75, 3.05) is 12.0 Å². The molecular formula is C12H17N3O3. The third kappa shape index (κ3) is 3.10. The first-order valence-electron chi connectivity index (χ1n) is 6.08. The smallest absolute Gasteiger partial charge is 0.275 e. The third-order valence-corrected chi connectivity index (χ3v) is 3.23. The lowest BCUT2D eigenvalue weighted by Crippen LogP contribution is -2.10. The van der Waals surface area contributed by atoms with Crippen LogP contribution in [0, 0.1) is 16.0 Å². The molecule has 0 heterocycles. The van der Waals surface area contributed by atoms with Gasteiger partial charge in [0.25, 0.3) is 5.69 Å². The van der Waals surface area contributed by atoms with Crippen LogP contribution in [0.2, 0.25) is 0 Å². The van der Waals surface area contributed by atoms with Crippen LogP contribution in [-0.4, -0.2) is 11.5 Å². The largest absolute Gasteiger partial charge is 0.493 e. The molecule has 0 aliphatic heterocycles. The summed E-state index contributed by atoms with van der Waals surface area (Å²) < 4.78 is 5.62. The molecule has 0 bridgehead atoms. The molecule has 0 aromatic heterocycles. The molecule has 3 N–H and O–H groups in total. The maximum absolute atomic E-state index is 10.8. The van der Waals surface area contributed by atoms with Gasteiger partial charge in [-0.2, -0.15) is 0 Å². The second kappa shape index (κ2) is 5.68. The number of hydrogen-bond donors (Lipinski definition) is 2. The first kappa shape index (κ1) is 12.6. The van der Waals surface area contributed by atoms with Crippen LogP contribution >= 0.6 is 0 Å². The molecule has 1 aromatic rings. The summed E-state index contributed by atoms with van der Waals surface area (Å²) in [5.74, 6) is 6.34. The number of ether oxygens (including phenoxy) is 1. The fourth-order valence-electron chi connectivity index (χ4n) is 2.25. The van der Waals surface area contributed by atoms with E-state index in [-0.39, 0.29) is 5.69 Å². The molecule has 1 aliphatic carbocycles. The quantitative estimate of drug-likeness (QED) is 0.476. The van der Waals surface area contributed by atoms with Gasteiger partial charge >= 0.3 is 0 Å². The highest BCUT2D eigenvalue weighted by molar-refractivity contribution is 5.55. The number of nitrogen functional groups attached to an aromatic ring is 1. The van der Waals surface area contributed by atoms with Crippen LogP contribution in [0.15, 0.2) is 18.2 Å². The molecule has 0 amide bonds. The van der Waals surface area contributed by atoms with E-state index in [1.165, 1.54) is 37.8 Å². The Balaban J connectivity index is 2.05. The van der Waals surface area contributed by atoms with E-state index in [0.717, 1.165) is 0 Å². The molecule has 1 aromatic carbocycles. The molecule has 2 rings (SSSR count). The van der Waals surface area contributed by atoms with Crippen molar-refractivity contribution in [1.82, 2.24) is 0 Å². The Bertz CT molecular complexity index is 431. The molecule has 6 heteroatoms. The summed E-state index contributed by atoms with van der Waals surface area (Å²) in [5.41, 5.74) is 2.86. The van der Waals surface area contributed by atoms with Gasteiger partial charge in [0.1, 0.15) is 5.75 Å². The minimum Gasteiger partial charge on any atom is -0.493 e. The third-order valence-electron chi connectivity index (χ3n) is 3.23. The summed E-state index contributed by atoms with van der Waals surface area (Å²) in [5, 5.41) is 10.8. The monoisotopic (exact) mass is 251 g/mol. The van der Waals surface area contributed by atoms with E-state index in [1.54, 1.807) is 6.07 Å². The lowest BCUT2D eigenvalue weighted by molar-refractivity contribution is -0.384. The number of nitrogens with one attached hydrogen (secondary N) is 1. The molecule has 18 heavy (non-hydrogen) atoms. The van der Waals surface area contributed by atoms with Gasteiger partial charge in [-0.15, -0.1) is 0 Å². The number of non-ortho nitro benzene ring substituents is 1. The molecule has 0 spiro atoms. The van der Waals surface area contributed by atoms with E-state index in [2.05, 4.69) is 5.43 Å². The van der Waals surface area contributed by atoms with Gasteiger partial charge in [0.2, 0.25) is 0 Å². The number of hydrogen-bond acceptors (Lipinski definition) is 5. The fourth-order valence-corrected chi connectivity index (χ4v) is 2.25. The van der Waals surface area contributed by atoms with Crippen LogP contribution in [-0.2, 0) is 0 Å². The van der Waals surface area contributed by atoms with E-state index >= 15 is 0 Å². The lowest BCUT2D eigenvalue weighted by Gasteiger charge is -2.12. The second-order valence-electron chi connectivity index (χ2n) is 4.58. The van der Waals surface area contributed by atoms with Gasteiger partial charge in [-0.25, -0.2) is 0 Å². The first-order valence-corrected chi connectivity index (χ1v) is 6.08. The van der Waals surface area contributed by atoms with E-state index in [4.69, 9.17) is 10.6 Å². The van der Waals surface area contributed by atoms with Crippen LogP contribution in [0.5, 0.6) is 5.75 Å². The van der Waals surface area contributed by atoms with Crippen LogP contribution in [0.3, 0.4) is 0 Å². The Morgan fingerprint density at radius 2 is 2.11 bits per heavy atom. The maximum atomic E-state index is 10.8. The van der Waals surface area contributed by atoms with Crippen molar-refractivity contribution < 1.29 is 9.66 Å². The van der Waals surface area contributed by atoms with Crippen molar-refractivity contribution in [3.05, 3.63) is 28.3 Å². The number of benzene rings is 1. The highest BCUT2D eigenvalue weighted by atomic mass is 16.6. The highest BCUT2D eigenvalue weighted by Crippen LogP contribution is 2.28. The summed E-state index contributed by atoms with van der Waals surface area (Å²) in [7, 11) is 0. The van der Waals surface area contributed by atoms with E-state index < -0.39 is 4.92 Å². The Labute approximate surface area is 105 Å². The predicted octanol–water partition coefficient (Wildman–Crippen LogP) is 2.45. The topological polar surface area (TPSA) is 90.4 Å². The number of nitrogens with zero attached hydrogens (tertiary/aromatic N) is 1. The molecule has 6 nitrogen and oxygen atoms in total. The zero-order chi connectivity index (χ0) is 13.0. The maximum Gasteiger partial charge on any atom is 0.275 e. The average Bonchev–Trinajstić information content (AvgIpc) is 2.89. The van der Waals surface area contributed by atoms with E-state index in [0.29, 0.717) is 24.0 Å². The minimum absolute atomic E-state index is 0.0214. The summed E-state index contributed by atoms with van der Waals surface area (Å²) in [6, 6.07) is 4.47. The standard InChI is InChI=1S/C12H17N3O3/c13-14-10-5-11(15(16)17)7-12(6-10)18-8-9-3-1-2-4-9/h5-7,9,14H,1-4,8,13H2. The van der Waals surface area contributed by atoms with Crippen molar-refractivity contribution in [3.8, 4) is 5.75 Å². The van der Waals surface area contributed by atoms with Crippen molar-refractivity contribution in [1.29, 1.82) is 0 Å². The highest BCUT2D eigenvalue weighted by Gasteiger charge is 2.16. The molecule has 0 unspecified atom stereocenters. The van der Waals surface area contributed by atoms with Crippen LogP contribution in [0.1, 0.15) is 25.7 Å². The zero-order valence-corrected chi connectivity index (χ0v) is 10.1. The Morgan fingerprint density at radius 1 is 1.39 bits per heavy atom. The molecule has 0 saturated heterocycles. The number of anilines is 1. The average molecular weight is 251 g/mol. The van der Waals surface area contributed by atoms with Crippen LogP contribution < -0.4 is 16.0 Å². The molecule has 1 saturated carbocycles. The number of nitro benzene ring substituents is 1. The SMILES string of the molecule is NNc1cc(OCC2CCCC2)cc([N+](=O)[O-])c1. The molecule has 1 fully saturated rings. The fraction of sp³-hybridized carbons (Fsp3) is 0.500. The number of hydrazine groups is 1. The number of rotatable bonds is 5. The number of nitro groups is 1. The molecular weight excluding hydrogens is 234 g/mol. The summed E-state index contributed by atoms with van der Waals surface area (Å²) >= 11 is 0. The lowest BCUT2D eigenvalue weighted by atomic mass is 10.1. The van der Waals surface area contributed by atoms with E-state index in [9.17, 15) is 10.1 Å². The first-order chi connectivity index (χ1) is 8.69. The van der Waals surface area contributed by atoms with Crippen molar-refractivity contribution in [3.63, 3.8) is 0 Å². The number of nitrogens with two attached hydrogens (primary N) is 1. The van der Waals surface area contributed by atoms with Crippen molar-refractivity contribution in [2.24, 2.45) is 11.8 Å². The Kier molecular flexibility index (Phi) is 3.99. The summed E-state index contributed by atoms with van der Waals surface area (Å²) in [4.78, 5) is 10.3. The van der Waals surface area contributed by atoms with Crippen LogP contribution in [0.25, 0.3) is 0 Å². The van der Waals surface area contributed by atoms with Gasteiger partial charge in [-0.1, -0.05) is 12.8 Å². The van der Waals surface area contributed by atoms with Crippen molar-refractivity contribution in [2.45, 2.75) is 25.7 Å². The molecule has 1 aliphatic rings. The van der Waals surface area contributed by atoms with Crippen molar-refractivity contribution >= 4 is 11.4 Å². The normalized spacial score (nSPS) is 15.6. The molecule has 0 radical (unpaired) electrons. The van der Waals surface area contributed by atoms with Gasteiger partial charge in [-0.3, -0.25) is 16.0 Å². The zero-order valence-electron chi connectivity index (χ0n) is 10.1. The van der Waals surface area contributed by atoms with Gasteiger partial charge in [0.05, 0.1) is 23.3 Å². The summed E-state index contributed by atoms with van der Waals surface area (Å²) in [6.07, 6.45) is 4.85. The Hall–Kier alpha value is -1.82.